The Kier molecular flexibility index (Phi) is 3.10. The summed E-state index contributed by atoms with van der Waals surface area (Å²) in [5.41, 5.74) is -0.657. The number of aromatic nitrogens is 1. The van der Waals surface area contributed by atoms with Gasteiger partial charge in [-0.2, -0.15) is 0 Å². The fourth-order valence-corrected chi connectivity index (χ4v) is 1.56. The van der Waals surface area contributed by atoms with Crippen LogP contribution in [0, 0.1) is 0 Å². The Labute approximate surface area is 101 Å². The predicted molar refractivity (Wildman–Crippen MR) is 61.2 cm³/mol. The fourth-order valence-electron chi connectivity index (χ4n) is 1.36. The minimum absolute atomic E-state index is 0.164. The number of hydrogen-bond acceptors (Lipinski definition) is 5. The molecule has 0 radical (unpaired) electrons. The summed E-state index contributed by atoms with van der Waals surface area (Å²) in [6.45, 7) is 1.83. The molecule has 6 heteroatoms. The van der Waals surface area contributed by atoms with Gasteiger partial charge in [0.25, 0.3) is 0 Å². The number of nitrogens with zero attached hydrogens (tertiary/aromatic N) is 1. The van der Waals surface area contributed by atoms with Gasteiger partial charge in [0.15, 0.2) is 0 Å². The summed E-state index contributed by atoms with van der Waals surface area (Å²) in [4.78, 5) is 26.8. The molecule has 2 aromatic rings. The van der Waals surface area contributed by atoms with Crippen molar-refractivity contribution in [2.75, 3.05) is 6.61 Å². The third-order valence-corrected chi connectivity index (χ3v) is 2.41. The van der Waals surface area contributed by atoms with E-state index in [0.29, 0.717) is 5.39 Å². The molecule has 0 aliphatic heterocycles. The topological polar surface area (TPSA) is 69.4 Å². The Morgan fingerprint density at radius 3 is 3.06 bits per heavy atom. The predicted octanol–water partition coefficient (Wildman–Crippen LogP) is 2.02. The molecule has 0 unspecified atom stereocenters. The Bertz CT molecular complexity index is 635. The molecule has 0 aliphatic rings. The molecule has 0 atom stereocenters. The molecule has 0 amide bonds. The van der Waals surface area contributed by atoms with E-state index < -0.39 is 11.6 Å². The first-order chi connectivity index (χ1) is 8.13. The average molecular weight is 254 g/mol. The first-order valence-electron chi connectivity index (χ1n) is 4.89. The first kappa shape index (κ1) is 11.6. The van der Waals surface area contributed by atoms with Gasteiger partial charge >= 0.3 is 11.6 Å². The van der Waals surface area contributed by atoms with Gasteiger partial charge in [0, 0.05) is 6.20 Å². The maximum absolute atomic E-state index is 11.5. The monoisotopic (exact) mass is 253 g/mol. The highest BCUT2D eigenvalue weighted by atomic mass is 35.5. The fraction of sp³-hybridized carbons (Fsp3) is 0.182. The highest BCUT2D eigenvalue weighted by Gasteiger charge is 2.15. The smallest absolute Gasteiger partial charge is 0.351 e. The summed E-state index contributed by atoms with van der Waals surface area (Å²) in [6, 6.07) is 2.83. The molecule has 2 aromatic heterocycles. The molecule has 88 valence electrons. The van der Waals surface area contributed by atoms with Crippen LogP contribution in [0.3, 0.4) is 0 Å². The second-order valence-electron chi connectivity index (χ2n) is 3.18. The second-order valence-corrected chi connectivity index (χ2v) is 3.54. The van der Waals surface area contributed by atoms with Crippen LogP contribution in [0.15, 0.2) is 27.5 Å². The molecule has 2 heterocycles. The van der Waals surface area contributed by atoms with Crippen LogP contribution < -0.4 is 5.63 Å². The van der Waals surface area contributed by atoms with Crippen LogP contribution in [-0.2, 0) is 4.74 Å². The van der Waals surface area contributed by atoms with Gasteiger partial charge in [-0.3, -0.25) is 0 Å². The molecular formula is C11H8ClNO4. The van der Waals surface area contributed by atoms with E-state index in [1.165, 1.54) is 18.3 Å². The molecule has 0 bridgehead atoms. The van der Waals surface area contributed by atoms with E-state index in [1.807, 2.05) is 0 Å². The zero-order valence-electron chi connectivity index (χ0n) is 8.90. The Balaban J connectivity index is 2.66. The molecule has 0 saturated heterocycles. The van der Waals surface area contributed by atoms with Gasteiger partial charge in [0.2, 0.25) is 0 Å². The quantitative estimate of drug-likeness (QED) is 0.605. The number of pyridine rings is 1. The summed E-state index contributed by atoms with van der Waals surface area (Å²) in [7, 11) is 0. The number of carbonyl (C=O) groups is 1. The molecule has 2 rings (SSSR count). The van der Waals surface area contributed by atoms with Gasteiger partial charge in [0.1, 0.15) is 16.3 Å². The van der Waals surface area contributed by atoms with Crippen molar-refractivity contribution in [3.05, 3.63) is 39.5 Å². The van der Waals surface area contributed by atoms with E-state index >= 15 is 0 Å². The molecule has 0 aliphatic carbocycles. The van der Waals surface area contributed by atoms with Gasteiger partial charge in [0.05, 0.1) is 12.0 Å². The van der Waals surface area contributed by atoms with Crippen molar-refractivity contribution < 1.29 is 13.9 Å². The summed E-state index contributed by atoms with van der Waals surface area (Å²) in [6.07, 6.45) is 1.41. The van der Waals surface area contributed by atoms with Crippen molar-refractivity contribution in [2.45, 2.75) is 6.92 Å². The van der Waals surface area contributed by atoms with Crippen molar-refractivity contribution in [1.82, 2.24) is 4.98 Å². The molecular weight excluding hydrogens is 246 g/mol. The Morgan fingerprint density at radius 1 is 1.59 bits per heavy atom. The third-order valence-electron chi connectivity index (χ3n) is 2.11. The minimum atomic E-state index is -0.752. The van der Waals surface area contributed by atoms with Gasteiger partial charge in [-0.05, 0) is 19.1 Å². The maximum atomic E-state index is 11.5. The third kappa shape index (κ3) is 2.14. The van der Waals surface area contributed by atoms with Crippen LogP contribution in [-0.4, -0.2) is 17.6 Å². The van der Waals surface area contributed by atoms with Crippen molar-refractivity contribution in [1.29, 1.82) is 0 Å². The van der Waals surface area contributed by atoms with Crippen LogP contribution >= 0.6 is 11.6 Å². The van der Waals surface area contributed by atoms with Gasteiger partial charge < -0.3 is 9.15 Å². The molecule has 17 heavy (non-hydrogen) atoms. The van der Waals surface area contributed by atoms with Gasteiger partial charge in [-0.15, -0.1) is 0 Å². The number of fused-ring (bicyclic) bond motifs is 1. The van der Waals surface area contributed by atoms with Crippen LogP contribution in [0.5, 0.6) is 0 Å². The Morgan fingerprint density at radius 2 is 2.35 bits per heavy atom. The zero-order chi connectivity index (χ0) is 12.4. The molecule has 0 fully saturated rings. The van der Waals surface area contributed by atoms with E-state index in [-0.39, 0.29) is 22.9 Å². The lowest BCUT2D eigenvalue weighted by Gasteiger charge is -2.02. The van der Waals surface area contributed by atoms with E-state index in [1.54, 1.807) is 6.92 Å². The summed E-state index contributed by atoms with van der Waals surface area (Å²) >= 11 is 5.84. The summed E-state index contributed by atoms with van der Waals surface area (Å²) in [5, 5.41) is 0.564. The molecule has 0 N–H and O–H groups in total. The SMILES string of the molecule is CCOC(=O)c1cc2c(Cl)nccc2oc1=O. The van der Waals surface area contributed by atoms with Gasteiger partial charge in [-0.1, -0.05) is 11.6 Å². The van der Waals surface area contributed by atoms with Crippen LogP contribution in [0.25, 0.3) is 11.0 Å². The number of esters is 1. The van der Waals surface area contributed by atoms with Crippen molar-refractivity contribution in [3.8, 4) is 0 Å². The van der Waals surface area contributed by atoms with Crippen molar-refractivity contribution >= 4 is 28.5 Å². The van der Waals surface area contributed by atoms with Crippen LogP contribution in [0.2, 0.25) is 5.15 Å². The standard InChI is InChI=1S/C11H8ClNO4/c1-2-16-10(14)7-5-6-8(17-11(7)15)3-4-13-9(6)12/h3-5H,2H2,1H3. The zero-order valence-corrected chi connectivity index (χ0v) is 9.65. The number of carbonyl (C=O) groups excluding carboxylic acids is 1. The highest BCUT2D eigenvalue weighted by molar-refractivity contribution is 6.34. The highest BCUT2D eigenvalue weighted by Crippen LogP contribution is 2.20. The van der Waals surface area contributed by atoms with Crippen molar-refractivity contribution in [2.24, 2.45) is 0 Å². The molecule has 5 nitrogen and oxygen atoms in total. The maximum Gasteiger partial charge on any atom is 0.351 e. The molecule has 0 aromatic carbocycles. The molecule has 0 saturated carbocycles. The number of halogens is 1. The lowest BCUT2D eigenvalue weighted by molar-refractivity contribution is 0.0522. The molecule has 0 spiro atoms. The largest absolute Gasteiger partial charge is 0.462 e. The summed E-state index contributed by atoms with van der Waals surface area (Å²) in [5.74, 6) is -0.733. The number of ether oxygens (including phenoxy) is 1. The van der Waals surface area contributed by atoms with E-state index in [4.69, 9.17) is 20.8 Å². The van der Waals surface area contributed by atoms with Crippen LogP contribution in [0.4, 0.5) is 0 Å². The van der Waals surface area contributed by atoms with Crippen LogP contribution in [0.1, 0.15) is 17.3 Å². The first-order valence-corrected chi connectivity index (χ1v) is 5.26. The second kappa shape index (κ2) is 4.55. The normalized spacial score (nSPS) is 10.5. The minimum Gasteiger partial charge on any atom is -0.462 e. The van der Waals surface area contributed by atoms with E-state index in [9.17, 15) is 9.59 Å². The Hall–Kier alpha value is -1.88. The summed E-state index contributed by atoms with van der Waals surface area (Å²) < 4.78 is 9.70. The number of hydrogen-bond donors (Lipinski definition) is 0. The average Bonchev–Trinajstić information content (AvgIpc) is 2.29. The lowest BCUT2D eigenvalue weighted by Crippen LogP contribution is -2.16. The van der Waals surface area contributed by atoms with E-state index in [0.717, 1.165) is 0 Å². The van der Waals surface area contributed by atoms with E-state index in [2.05, 4.69) is 4.98 Å². The van der Waals surface area contributed by atoms with Gasteiger partial charge in [-0.25, -0.2) is 14.6 Å². The number of rotatable bonds is 2. The lowest BCUT2D eigenvalue weighted by atomic mass is 10.2. The van der Waals surface area contributed by atoms with Crippen molar-refractivity contribution in [3.63, 3.8) is 0 Å².